The van der Waals surface area contributed by atoms with Crippen LogP contribution in [0.25, 0.3) is 5.65 Å². The average molecular weight is 287 g/mol. The maximum absolute atomic E-state index is 5.98. The van der Waals surface area contributed by atoms with Crippen LogP contribution in [0.15, 0.2) is 24.5 Å². The molecule has 0 bridgehead atoms. The molecule has 2 aromatic rings. The van der Waals surface area contributed by atoms with Gasteiger partial charge in [-0.3, -0.25) is 0 Å². The molecule has 1 fully saturated rings. The number of rotatable bonds is 7. The highest BCUT2D eigenvalue weighted by Gasteiger charge is 2.26. The van der Waals surface area contributed by atoms with Crippen LogP contribution in [0, 0.1) is 12.8 Å². The Hall–Kier alpha value is -1.39. The quantitative estimate of drug-likeness (QED) is 0.851. The summed E-state index contributed by atoms with van der Waals surface area (Å²) in [6, 6.07) is 4.15. The fourth-order valence-electron chi connectivity index (χ4n) is 2.41. The molecule has 0 saturated heterocycles. The third kappa shape index (κ3) is 4.05. The summed E-state index contributed by atoms with van der Waals surface area (Å²) in [5.74, 6) is 0.811. The van der Waals surface area contributed by atoms with Gasteiger partial charge in [0.25, 0.3) is 0 Å². The Morgan fingerprint density at radius 1 is 1.33 bits per heavy atom. The summed E-state index contributed by atoms with van der Waals surface area (Å²) in [6.45, 7) is 8.91. The van der Waals surface area contributed by atoms with Crippen LogP contribution in [-0.4, -0.2) is 28.1 Å². The third-order valence-corrected chi connectivity index (χ3v) is 3.91. The average Bonchev–Trinajstić information content (AvgIpc) is 3.16. The Balaban J connectivity index is 1.51. The van der Waals surface area contributed by atoms with Crippen LogP contribution < -0.4 is 5.32 Å². The van der Waals surface area contributed by atoms with E-state index in [0.717, 1.165) is 37.0 Å². The first-order chi connectivity index (χ1) is 10.0. The molecule has 3 rings (SSSR count). The van der Waals surface area contributed by atoms with Gasteiger partial charge in [0.05, 0.1) is 17.9 Å². The van der Waals surface area contributed by atoms with Gasteiger partial charge in [0.1, 0.15) is 5.65 Å². The number of imidazole rings is 1. The Morgan fingerprint density at radius 3 is 2.90 bits per heavy atom. The summed E-state index contributed by atoms with van der Waals surface area (Å²) < 4.78 is 8.06. The van der Waals surface area contributed by atoms with Crippen LogP contribution in [0.1, 0.15) is 37.9 Å². The van der Waals surface area contributed by atoms with E-state index in [4.69, 9.17) is 4.74 Å². The van der Waals surface area contributed by atoms with Gasteiger partial charge in [-0.05, 0) is 51.2 Å². The first-order valence-corrected chi connectivity index (χ1v) is 7.81. The number of fused-ring (bicyclic) bond motifs is 1. The second kappa shape index (κ2) is 5.78. The van der Waals surface area contributed by atoms with Crippen molar-refractivity contribution in [1.29, 1.82) is 0 Å². The molecule has 1 aliphatic rings. The fraction of sp³-hybridized carbons (Fsp3) is 0.588. The van der Waals surface area contributed by atoms with Gasteiger partial charge in [-0.15, -0.1) is 0 Å². The molecule has 0 spiro atoms. The highest BCUT2D eigenvalue weighted by atomic mass is 16.5. The number of hydrogen-bond acceptors (Lipinski definition) is 3. The second-order valence-corrected chi connectivity index (χ2v) is 6.82. The summed E-state index contributed by atoms with van der Waals surface area (Å²) in [5.41, 5.74) is 3.20. The number of nitrogens with one attached hydrogen (secondary N) is 1. The Morgan fingerprint density at radius 2 is 2.14 bits per heavy atom. The summed E-state index contributed by atoms with van der Waals surface area (Å²) in [4.78, 5) is 4.62. The SMILES string of the molecule is Cc1ccc2nc(CNCC(C)(C)OCC3CC3)cn2c1. The van der Waals surface area contributed by atoms with Crippen LogP contribution in [0.2, 0.25) is 0 Å². The lowest BCUT2D eigenvalue weighted by atomic mass is 10.1. The van der Waals surface area contributed by atoms with Crippen LogP contribution in [0.4, 0.5) is 0 Å². The minimum absolute atomic E-state index is 0.113. The van der Waals surface area contributed by atoms with E-state index in [1.54, 1.807) is 0 Å². The summed E-state index contributed by atoms with van der Waals surface area (Å²) in [5, 5.41) is 3.46. The van der Waals surface area contributed by atoms with Crippen LogP contribution >= 0.6 is 0 Å². The van der Waals surface area contributed by atoms with Crippen molar-refractivity contribution >= 4 is 5.65 Å². The van der Waals surface area contributed by atoms with Crippen molar-refractivity contribution in [3.8, 4) is 0 Å². The van der Waals surface area contributed by atoms with E-state index in [0.29, 0.717) is 0 Å². The minimum atomic E-state index is -0.113. The van der Waals surface area contributed by atoms with Gasteiger partial charge >= 0.3 is 0 Å². The molecule has 1 aliphatic carbocycles. The molecule has 4 nitrogen and oxygen atoms in total. The molecule has 21 heavy (non-hydrogen) atoms. The first kappa shape index (κ1) is 14.5. The molecule has 0 unspecified atom stereocenters. The molecule has 4 heteroatoms. The molecule has 0 radical (unpaired) electrons. The predicted molar refractivity (Wildman–Crippen MR) is 84.4 cm³/mol. The minimum Gasteiger partial charge on any atom is -0.374 e. The lowest BCUT2D eigenvalue weighted by Crippen LogP contribution is -2.38. The van der Waals surface area contributed by atoms with E-state index in [2.05, 4.69) is 60.0 Å². The number of nitrogens with zero attached hydrogens (tertiary/aromatic N) is 2. The van der Waals surface area contributed by atoms with Crippen molar-refractivity contribution in [3.05, 3.63) is 35.8 Å². The third-order valence-electron chi connectivity index (χ3n) is 3.91. The molecule has 2 aromatic heterocycles. The number of aryl methyl sites for hydroxylation is 1. The number of hydrogen-bond donors (Lipinski definition) is 1. The van der Waals surface area contributed by atoms with Crippen molar-refractivity contribution in [2.24, 2.45) is 5.92 Å². The molecular formula is C17H25N3O. The molecule has 1 N–H and O–H groups in total. The zero-order valence-electron chi connectivity index (χ0n) is 13.2. The van der Waals surface area contributed by atoms with Gasteiger partial charge < -0.3 is 14.5 Å². The summed E-state index contributed by atoms with van der Waals surface area (Å²) in [7, 11) is 0. The van der Waals surface area contributed by atoms with E-state index < -0.39 is 0 Å². The van der Waals surface area contributed by atoms with E-state index in [1.807, 2.05) is 0 Å². The van der Waals surface area contributed by atoms with Gasteiger partial charge in [0.15, 0.2) is 0 Å². The molecule has 1 saturated carbocycles. The predicted octanol–water partition coefficient (Wildman–Crippen LogP) is 2.94. The number of pyridine rings is 1. The Bertz CT molecular complexity index is 614. The molecule has 0 aliphatic heterocycles. The molecule has 0 amide bonds. The maximum Gasteiger partial charge on any atom is 0.137 e. The summed E-state index contributed by atoms with van der Waals surface area (Å²) >= 11 is 0. The lowest BCUT2D eigenvalue weighted by Gasteiger charge is -2.25. The molecule has 0 atom stereocenters. The van der Waals surface area contributed by atoms with Crippen LogP contribution in [0.5, 0.6) is 0 Å². The maximum atomic E-state index is 5.98. The lowest BCUT2D eigenvalue weighted by molar-refractivity contribution is -0.0220. The van der Waals surface area contributed by atoms with Crippen molar-refractivity contribution in [3.63, 3.8) is 0 Å². The van der Waals surface area contributed by atoms with Crippen molar-refractivity contribution in [2.45, 2.75) is 45.8 Å². The molecule has 114 valence electrons. The van der Waals surface area contributed by atoms with Crippen molar-refractivity contribution in [1.82, 2.24) is 14.7 Å². The van der Waals surface area contributed by atoms with Gasteiger partial charge in [-0.1, -0.05) is 6.07 Å². The van der Waals surface area contributed by atoms with Gasteiger partial charge in [0, 0.05) is 25.5 Å². The number of aromatic nitrogens is 2. The van der Waals surface area contributed by atoms with Gasteiger partial charge in [0.2, 0.25) is 0 Å². The normalized spacial score (nSPS) is 15.8. The largest absolute Gasteiger partial charge is 0.374 e. The second-order valence-electron chi connectivity index (χ2n) is 6.82. The monoisotopic (exact) mass is 287 g/mol. The smallest absolute Gasteiger partial charge is 0.137 e. The highest BCUT2D eigenvalue weighted by Crippen LogP contribution is 2.30. The topological polar surface area (TPSA) is 38.6 Å². The van der Waals surface area contributed by atoms with Crippen molar-refractivity contribution < 1.29 is 4.74 Å². The Kier molecular flexibility index (Phi) is 4.00. The van der Waals surface area contributed by atoms with Crippen LogP contribution in [0.3, 0.4) is 0 Å². The molecular weight excluding hydrogens is 262 g/mol. The van der Waals surface area contributed by atoms with Gasteiger partial charge in [-0.2, -0.15) is 0 Å². The van der Waals surface area contributed by atoms with Gasteiger partial charge in [-0.25, -0.2) is 4.98 Å². The van der Waals surface area contributed by atoms with Crippen LogP contribution in [-0.2, 0) is 11.3 Å². The standard InChI is InChI=1S/C17H25N3O/c1-13-4-7-16-19-15(10-20(16)9-13)8-18-12-17(2,3)21-11-14-5-6-14/h4,7,9-10,14,18H,5-6,8,11-12H2,1-3H3. The van der Waals surface area contributed by atoms with E-state index >= 15 is 0 Å². The zero-order valence-corrected chi connectivity index (χ0v) is 13.2. The molecule has 0 aromatic carbocycles. The van der Waals surface area contributed by atoms with E-state index in [9.17, 15) is 0 Å². The molecule has 2 heterocycles. The Labute approximate surface area is 126 Å². The van der Waals surface area contributed by atoms with E-state index in [-0.39, 0.29) is 5.60 Å². The zero-order chi connectivity index (χ0) is 14.9. The fourth-order valence-corrected chi connectivity index (χ4v) is 2.41. The first-order valence-electron chi connectivity index (χ1n) is 7.81. The highest BCUT2D eigenvalue weighted by molar-refractivity contribution is 5.41. The summed E-state index contributed by atoms with van der Waals surface area (Å²) in [6.07, 6.45) is 6.87. The van der Waals surface area contributed by atoms with E-state index in [1.165, 1.54) is 18.4 Å². The van der Waals surface area contributed by atoms with Crippen molar-refractivity contribution in [2.75, 3.05) is 13.2 Å². The number of ether oxygens (including phenoxy) is 1.